The number of allylic oxidation sites excluding steroid dienone is 16. The Labute approximate surface area is 413 Å². The number of ether oxygens (including phenoxy) is 3. The molecule has 0 heterocycles. The lowest BCUT2D eigenvalue weighted by Crippen LogP contribution is -2.30. The zero-order valence-corrected chi connectivity index (χ0v) is 43.6. The van der Waals surface area contributed by atoms with E-state index in [9.17, 15) is 14.4 Å². The molecule has 1 atom stereocenters. The summed E-state index contributed by atoms with van der Waals surface area (Å²) in [6.07, 6.45) is 73.2. The van der Waals surface area contributed by atoms with Crippen LogP contribution in [0, 0.1) is 0 Å². The summed E-state index contributed by atoms with van der Waals surface area (Å²) in [4.78, 5) is 37.7. The van der Waals surface area contributed by atoms with E-state index < -0.39 is 6.10 Å². The molecule has 6 heteroatoms. The fourth-order valence-electron chi connectivity index (χ4n) is 7.48. The van der Waals surface area contributed by atoms with Crippen molar-refractivity contribution in [3.05, 3.63) is 97.2 Å². The van der Waals surface area contributed by atoms with E-state index in [0.717, 1.165) is 109 Å². The van der Waals surface area contributed by atoms with E-state index in [1.165, 1.54) is 96.3 Å². The van der Waals surface area contributed by atoms with Gasteiger partial charge in [0.1, 0.15) is 13.2 Å². The van der Waals surface area contributed by atoms with Crippen molar-refractivity contribution in [3.8, 4) is 0 Å². The second-order valence-corrected chi connectivity index (χ2v) is 18.1. The quantitative estimate of drug-likeness (QED) is 0.0262. The lowest BCUT2D eigenvalue weighted by atomic mass is 10.0. The van der Waals surface area contributed by atoms with Crippen molar-refractivity contribution >= 4 is 17.9 Å². The van der Waals surface area contributed by atoms with Crippen molar-refractivity contribution in [3.63, 3.8) is 0 Å². The van der Waals surface area contributed by atoms with Crippen molar-refractivity contribution in [2.24, 2.45) is 0 Å². The van der Waals surface area contributed by atoms with Crippen LogP contribution in [0.2, 0.25) is 0 Å². The fourth-order valence-corrected chi connectivity index (χ4v) is 7.48. The molecule has 0 rings (SSSR count). The van der Waals surface area contributed by atoms with Crippen LogP contribution in [0.25, 0.3) is 0 Å². The molecule has 6 nitrogen and oxygen atoms in total. The van der Waals surface area contributed by atoms with Gasteiger partial charge in [-0.25, -0.2) is 0 Å². The molecule has 0 amide bonds. The summed E-state index contributed by atoms with van der Waals surface area (Å²) in [5.41, 5.74) is 0. The van der Waals surface area contributed by atoms with Gasteiger partial charge in [0.15, 0.2) is 6.10 Å². The van der Waals surface area contributed by atoms with E-state index in [4.69, 9.17) is 14.2 Å². The molecule has 0 aliphatic heterocycles. The molecule has 382 valence electrons. The lowest BCUT2D eigenvalue weighted by Gasteiger charge is -2.18. The smallest absolute Gasteiger partial charge is 0.306 e. The van der Waals surface area contributed by atoms with Gasteiger partial charge in [-0.05, 0) is 96.3 Å². The van der Waals surface area contributed by atoms with Gasteiger partial charge in [-0.15, -0.1) is 0 Å². The van der Waals surface area contributed by atoms with Gasteiger partial charge in [0.05, 0.1) is 0 Å². The van der Waals surface area contributed by atoms with Crippen LogP contribution in [-0.2, 0) is 28.6 Å². The molecule has 0 saturated carbocycles. The van der Waals surface area contributed by atoms with E-state index in [-0.39, 0.29) is 37.5 Å². The third-order valence-electron chi connectivity index (χ3n) is 11.6. The van der Waals surface area contributed by atoms with Gasteiger partial charge in [0, 0.05) is 19.3 Å². The Hall–Kier alpha value is -3.67. The van der Waals surface area contributed by atoms with Crippen LogP contribution < -0.4 is 0 Å². The number of hydrogen-bond acceptors (Lipinski definition) is 6. The van der Waals surface area contributed by atoms with Crippen LogP contribution in [0.3, 0.4) is 0 Å². The van der Waals surface area contributed by atoms with E-state index in [2.05, 4.69) is 118 Å². The fraction of sp³-hybridized carbons (Fsp3) is 0.689. The Morgan fingerprint density at radius 3 is 0.940 bits per heavy atom. The third-order valence-corrected chi connectivity index (χ3v) is 11.6. The van der Waals surface area contributed by atoms with Crippen LogP contribution in [0.15, 0.2) is 97.2 Å². The molecular formula is C61H102O6. The minimum atomic E-state index is -0.794. The van der Waals surface area contributed by atoms with E-state index >= 15 is 0 Å². The predicted molar refractivity (Wildman–Crippen MR) is 288 cm³/mol. The molecule has 0 fully saturated rings. The SMILES string of the molecule is CC/C=C\C/C=C\C/C=C\C/C=C\CCCCCCCCCCCCCCCCCCC(=O)OCC(COC(=O)CCCCCCC)OC(=O)CCCC/C=C\C/C=C\C/C=C\C/C=C\CC. The first kappa shape index (κ1) is 63.3. The van der Waals surface area contributed by atoms with Crippen LogP contribution in [0.5, 0.6) is 0 Å². The van der Waals surface area contributed by atoms with Crippen molar-refractivity contribution in [2.45, 2.75) is 258 Å². The molecule has 0 aromatic carbocycles. The van der Waals surface area contributed by atoms with Crippen LogP contribution in [0.1, 0.15) is 252 Å². The van der Waals surface area contributed by atoms with Gasteiger partial charge in [0.25, 0.3) is 0 Å². The van der Waals surface area contributed by atoms with Gasteiger partial charge in [-0.2, -0.15) is 0 Å². The highest BCUT2D eigenvalue weighted by Crippen LogP contribution is 2.15. The van der Waals surface area contributed by atoms with Gasteiger partial charge < -0.3 is 14.2 Å². The Morgan fingerprint density at radius 2 is 0.582 bits per heavy atom. The first-order chi connectivity index (χ1) is 33.0. The molecule has 0 aromatic rings. The third kappa shape index (κ3) is 53.2. The molecule has 0 aliphatic carbocycles. The molecule has 0 spiro atoms. The topological polar surface area (TPSA) is 78.9 Å². The number of rotatable bonds is 49. The first-order valence-corrected chi connectivity index (χ1v) is 27.7. The Morgan fingerprint density at radius 1 is 0.313 bits per heavy atom. The normalized spacial score (nSPS) is 12.8. The molecule has 0 aromatic heterocycles. The van der Waals surface area contributed by atoms with Crippen molar-refractivity contribution in [2.75, 3.05) is 13.2 Å². The minimum absolute atomic E-state index is 0.0932. The second-order valence-electron chi connectivity index (χ2n) is 18.1. The maximum absolute atomic E-state index is 12.7. The van der Waals surface area contributed by atoms with Crippen LogP contribution in [0.4, 0.5) is 0 Å². The number of esters is 3. The molecule has 0 bridgehead atoms. The summed E-state index contributed by atoms with van der Waals surface area (Å²) < 4.78 is 16.6. The summed E-state index contributed by atoms with van der Waals surface area (Å²) in [6, 6.07) is 0. The van der Waals surface area contributed by atoms with Crippen LogP contribution >= 0.6 is 0 Å². The number of carbonyl (C=O) groups excluding carboxylic acids is 3. The van der Waals surface area contributed by atoms with Crippen molar-refractivity contribution < 1.29 is 28.6 Å². The zero-order chi connectivity index (χ0) is 48.6. The lowest BCUT2D eigenvalue weighted by molar-refractivity contribution is -0.167. The van der Waals surface area contributed by atoms with E-state index in [1.54, 1.807) is 0 Å². The van der Waals surface area contributed by atoms with Gasteiger partial charge in [0.2, 0.25) is 0 Å². The van der Waals surface area contributed by atoms with Gasteiger partial charge >= 0.3 is 17.9 Å². The highest BCUT2D eigenvalue weighted by molar-refractivity contribution is 5.71. The zero-order valence-electron chi connectivity index (χ0n) is 43.6. The summed E-state index contributed by atoms with van der Waals surface area (Å²) >= 11 is 0. The number of unbranched alkanes of at least 4 members (excludes halogenated alkanes) is 22. The molecule has 0 aliphatic rings. The Balaban J connectivity index is 4.05. The minimum Gasteiger partial charge on any atom is -0.462 e. The molecule has 0 radical (unpaired) electrons. The highest BCUT2D eigenvalue weighted by atomic mass is 16.6. The molecule has 1 unspecified atom stereocenters. The molecule has 0 N–H and O–H groups in total. The first-order valence-electron chi connectivity index (χ1n) is 27.7. The second kappa shape index (κ2) is 54.9. The molecule has 0 saturated heterocycles. The average molecular weight is 931 g/mol. The maximum atomic E-state index is 12.7. The largest absolute Gasteiger partial charge is 0.462 e. The van der Waals surface area contributed by atoms with E-state index in [1.807, 2.05) is 0 Å². The van der Waals surface area contributed by atoms with E-state index in [0.29, 0.717) is 19.3 Å². The summed E-state index contributed by atoms with van der Waals surface area (Å²) in [5.74, 6) is -0.949. The summed E-state index contributed by atoms with van der Waals surface area (Å²) in [6.45, 7) is 6.29. The molecule has 67 heavy (non-hydrogen) atoms. The average Bonchev–Trinajstić information content (AvgIpc) is 3.33. The predicted octanol–water partition coefficient (Wildman–Crippen LogP) is 18.5. The van der Waals surface area contributed by atoms with Crippen molar-refractivity contribution in [1.82, 2.24) is 0 Å². The monoisotopic (exact) mass is 931 g/mol. The Kier molecular flexibility index (Phi) is 51.9. The molecular weight excluding hydrogens is 829 g/mol. The maximum Gasteiger partial charge on any atom is 0.306 e. The number of hydrogen-bond donors (Lipinski definition) is 0. The highest BCUT2D eigenvalue weighted by Gasteiger charge is 2.19. The Bertz CT molecular complexity index is 1350. The van der Waals surface area contributed by atoms with Gasteiger partial charge in [-0.3, -0.25) is 14.4 Å². The summed E-state index contributed by atoms with van der Waals surface area (Å²) in [7, 11) is 0. The van der Waals surface area contributed by atoms with Gasteiger partial charge in [-0.1, -0.05) is 234 Å². The van der Waals surface area contributed by atoms with Crippen LogP contribution in [-0.4, -0.2) is 37.2 Å². The summed E-state index contributed by atoms with van der Waals surface area (Å²) in [5, 5.41) is 0. The standard InChI is InChI=1S/C61H102O6/c1-4-7-10-13-15-17-19-21-23-24-25-26-27-28-29-30-31-32-33-34-35-36-38-39-41-43-45-48-51-54-60(63)66-57-58(56-65-59(62)53-50-47-12-9-6-3)67-61(64)55-52-49-46-44-42-40-37-22-20-18-16-14-11-8-5-2/h7-8,10-11,15-18,21-23,25-26,37,42,44,58H,4-6,9,12-14,19-20,24,27-36,38-41,43,45-57H2,1-3H3/b10-7-,11-8-,17-15-,18-16-,23-21-,26-25-,37-22-,44-42-. The number of carbonyl (C=O) groups is 3. The van der Waals surface area contributed by atoms with Crippen molar-refractivity contribution in [1.29, 1.82) is 0 Å².